The summed E-state index contributed by atoms with van der Waals surface area (Å²) >= 11 is 0. The molecular formula is C16H19NO3S. The van der Waals surface area contributed by atoms with Crippen molar-refractivity contribution in [2.24, 2.45) is 11.8 Å². The van der Waals surface area contributed by atoms with Gasteiger partial charge in [0.25, 0.3) is 0 Å². The van der Waals surface area contributed by atoms with Crippen LogP contribution in [0.3, 0.4) is 0 Å². The van der Waals surface area contributed by atoms with Gasteiger partial charge < -0.3 is 10.8 Å². The van der Waals surface area contributed by atoms with Crippen LogP contribution in [0.25, 0.3) is 0 Å². The molecule has 2 aliphatic carbocycles. The Bertz CT molecular complexity index is 704. The normalized spacial score (nSPS) is 31.8. The summed E-state index contributed by atoms with van der Waals surface area (Å²) in [6, 6.07) is 6.28. The van der Waals surface area contributed by atoms with Gasteiger partial charge in [0.05, 0.1) is 16.2 Å². The van der Waals surface area contributed by atoms with Crippen molar-refractivity contribution in [2.75, 3.05) is 5.73 Å². The third-order valence-electron chi connectivity index (χ3n) is 4.35. The Labute approximate surface area is 124 Å². The summed E-state index contributed by atoms with van der Waals surface area (Å²) in [7, 11) is -3.51. The van der Waals surface area contributed by atoms with Crippen molar-refractivity contribution in [2.45, 2.75) is 29.6 Å². The van der Waals surface area contributed by atoms with Crippen molar-refractivity contribution < 1.29 is 13.5 Å². The summed E-state index contributed by atoms with van der Waals surface area (Å²) in [4.78, 5) is 0.271. The van der Waals surface area contributed by atoms with E-state index < -0.39 is 21.2 Å². The summed E-state index contributed by atoms with van der Waals surface area (Å²) < 4.78 is 25.9. The quantitative estimate of drug-likeness (QED) is 0.646. The topological polar surface area (TPSA) is 80.4 Å². The van der Waals surface area contributed by atoms with Crippen molar-refractivity contribution in [3.8, 4) is 0 Å². The molecular weight excluding hydrogens is 286 g/mol. The van der Waals surface area contributed by atoms with Crippen molar-refractivity contribution in [3.63, 3.8) is 0 Å². The lowest BCUT2D eigenvalue weighted by Gasteiger charge is -2.39. The molecule has 4 nitrogen and oxygen atoms in total. The van der Waals surface area contributed by atoms with Gasteiger partial charge in [-0.2, -0.15) is 0 Å². The van der Waals surface area contributed by atoms with Gasteiger partial charge in [0, 0.05) is 11.6 Å². The first-order valence-electron chi connectivity index (χ1n) is 7.03. The number of hydrogen-bond donors (Lipinski definition) is 2. The van der Waals surface area contributed by atoms with E-state index in [4.69, 9.17) is 5.73 Å². The zero-order valence-corrected chi connectivity index (χ0v) is 12.6. The summed E-state index contributed by atoms with van der Waals surface area (Å²) in [6.45, 7) is 1.98. The second-order valence-corrected chi connectivity index (χ2v) is 8.02. The van der Waals surface area contributed by atoms with Crippen LogP contribution in [0.5, 0.6) is 0 Å². The van der Waals surface area contributed by atoms with E-state index in [2.05, 4.69) is 0 Å². The number of aliphatic hydroxyl groups excluding tert-OH is 1. The number of aliphatic hydroxyl groups is 1. The highest BCUT2D eigenvalue weighted by molar-refractivity contribution is 7.92. The smallest absolute Gasteiger partial charge is 0.182 e. The van der Waals surface area contributed by atoms with E-state index in [0.717, 1.165) is 12.0 Å². The first kappa shape index (κ1) is 14.4. The number of benzene rings is 1. The Morgan fingerprint density at radius 3 is 2.52 bits per heavy atom. The van der Waals surface area contributed by atoms with Gasteiger partial charge in [-0.1, -0.05) is 23.8 Å². The molecule has 0 radical (unpaired) electrons. The molecule has 2 bridgehead atoms. The fraction of sp³-hybridized carbons (Fsp3) is 0.375. The highest BCUT2D eigenvalue weighted by Gasteiger charge is 2.45. The molecule has 3 N–H and O–H groups in total. The van der Waals surface area contributed by atoms with Gasteiger partial charge in [-0.15, -0.1) is 0 Å². The van der Waals surface area contributed by atoms with Crippen LogP contribution in [-0.2, 0) is 9.84 Å². The standard InChI is InChI=1S/C16H19NO3S/c1-10-8-11-2-7-15(18)14(9-10)16(11)21(19,20)13-5-3-12(17)4-6-13/h2-7,9,11,14-16,18H,8,17H2,1H3/t11?,14?,15-,16?/m0/s1. The molecule has 0 heterocycles. The molecule has 0 spiro atoms. The van der Waals surface area contributed by atoms with Crippen molar-refractivity contribution >= 4 is 15.5 Å². The van der Waals surface area contributed by atoms with E-state index in [0.29, 0.717) is 5.69 Å². The molecule has 0 aromatic heterocycles. The summed E-state index contributed by atoms with van der Waals surface area (Å²) in [5, 5.41) is 9.54. The second kappa shape index (κ2) is 5.00. The lowest BCUT2D eigenvalue weighted by atomic mass is 9.76. The maximum Gasteiger partial charge on any atom is 0.182 e. The first-order chi connectivity index (χ1) is 9.89. The SMILES string of the molecule is CC1=CC2C(S(=O)(=O)c3ccc(N)cc3)C(C=C[C@@H]2O)C1. The molecule has 2 aliphatic rings. The highest BCUT2D eigenvalue weighted by atomic mass is 32.2. The zero-order chi connectivity index (χ0) is 15.2. The number of allylic oxidation sites excluding steroid dienone is 2. The number of anilines is 1. The molecule has 21 heavy (non-hydrogen) atoms. The van der Waals surface area contributed by atoms with Crippen molar-refractivity contribution in [3.05, 3.63) is 48.1 Å². The Kier molecular flexibility index (Phi) is 3.42. The third kappa shape index (κ3) is 2.40. The third-order valence-corrected chi connectivity index (χ3v) is 6.66. The van der Waals surface area contributed by atoms with Crippen LogP contribution in [0, 0.1) is 11.8 Å². The average molecular weight is 305 g/mol. The highest BCUT2D eigenvalue weighted by Crippen LogP contribution is 2.41. The fourth-order valence-electron chi connectivity index (χ4n) is 3.37. The molecule has 0 aliphatic heterocycles. The van der Waals surface area contributed by atoms with E-state index in [1.54, 1.807) is 30.3 Å². The lowest BCUT2D eigenvalue weighted by molar-refractivity contribution is 0.150. The average Bonchev–Trinajstić information content (AvgIpc) is 2.43. The summed E-state index contributed by atoms with van der Waals surface area (Å²) in [6.07, 6.45) is 5.44. The van der Waals surface area contributed by atoms with E-state index in [1.165, 1.54) is 0 Å². The molecule has 0 saturated heterocycles. The van der Waals surface area contributed by atoms with E-state index >= 15 is 0 Å². The van der Waals surface area contributed by atoms with Crippen LogP contribution in [0.4, 0.5) is 5.69 Å². The molecule has 4 atom stereocenters. The van der Waals surface area contributed by atoms with E-state index in [1.807, 2.05) is 19.1 Å². The van der Waals surface area contributed by atoms with Gasteiger partial charge >= 0.3 is 0 Å². The molecule has 1 aromatic rings. The van der Waals surface area contributed by atoms with Crippen LogP contribution in [-0.4, -0.2) is 24.9 Å². The van der Waals surface area contributed by atoms with Gasteiger partial charge in [0.15, 0.2) is 9.84 Å². The number of hydrogen-bond acceptors (Lipinski definition) is 4. The molecule has 3 unspecified atom stereocenters. The van der Waals surface area contributed by atoms with E-state index in [9.17, 15) is 13.5 Å². The van der Waals surface area contributed by atoms with Crippen LogP contribution in [0.2, 0.25) is 0 Å². The second-order valence-electron chi connectivity index (χ2n) is 5.91. The Morgan fingerprint density at radius 1 is 1.19 bits per heavy atom. The summed E-state index contributed by atoms with van der Waals surface area (Å²) in [5.41, 5.74) is 7.30. The predicted octanol–water partition coefficient (Wildman–Crippen LogP) is 1.92. The Hall–Kier alpha value is -1.59. The van der Waals surface area contributed by atoms with Crippen LogP contribution in [0.1, 0.15) is 13.3 Å². The molecule has 0 saturated carbocycles. The molecule has 1 aromatic carbocycles. The van der Waals surface area contributed by atoms with Crippen molar-refractivity contribution in [1.82, 2.24) is 0 Å². The molecule has 3 rings (SSSR count). The van der Waals surface area contributed by atoms with E-state index in [-0.39, 0.29) is 16.7 Å². The fourth-order valence-corrected chi connectivity index (χ4v) is 5.50. The van der Waals surface area contributed by atoms with Crippen LogP contribution in [0.15, 0.2) is 53.0 Å². The zero-order valence-electron chi connectivity index (χ0n) is 11.8. The minimum absolute atomic E-state index is 0.0778. The van der Waals surface area contributed by atoms with Gasteiger partial charge in [-0.3, -0.25) is 0 Å². The number of sulfone groups is 1. The molecule has 0 fully saturated rings. The first-order valence-corrected chi connectivity index (χ1v) is 8.57. The predicted molar refractivity (Wildman–Crippen MR) is 82.3 cm³/mol. The van der Waals surface area contributed by atoms with Crippen LogP contribution >= 0.6 is 0 Å². The summed E-state index contributed by atoms with van der Waals surface area (Å²) in [5.74, 6) is -0.456. The number of rotatable bonds is 2. The molecule has 0 amide bonds. The number of fused-ring (bicyclic) bond motifs is 2. The van der Waals surface area contributed by atoms with Crippen molar-refractivity contribution in [1.29, 1.82) is 0 Å². The van der Waals surface area contributed by atoms with Gasteiger partial charge in [0.2, 0.25) is 0 Å². The molecule has 112 valence electrons. The number of nitrogens with two attached hydrogens (primary N) is 1. The number of nitrogen functional groups attached to an aromatic ring is 1. The van der Waals surface area contributed by atoms with Gasteiger partial charge in [-0.05, 0) is 43.5 Å². The van der Waals surface area contributed by atoms with Gasteiger partial charge in [0.1, 0.15) is 0 Å². The minimum Gasteiger partial charge on any atom is -0.399 e. The Balaban J connectivity index is 2.07. The largest absolute Gasteiger partial charge is 0.399 e. The molecule has 5 heteroatoms. The maximum absolute atomic E-state index is 12.9. The maximum atomic E-state index is 12.9. The lowest BCUT2D eigenvalue weighted by Crippen LogP contribution is -2.45. The monoisotopic (exact) mass is 305 g/mol. The van der Waals surface area contributed by atoms with Crippen LogP contribution < -0.4 is 5.73 Å². The Morgan fingerprint density at radius 2 is 1.86 bits per heavy atom. The minimum atomic E-state index is -3.51. The van der Waals surface area contributed by atoms with Gasteiger partial charge in [-0.25, -0.2) is 8.42 Å².